The van der Waals surface area contributed by atoms with E-state index in [1.165, 1.54) is 24.0 Å². The zero-order valence-corrected chi connectivity index (χ0v) is 15.7. The number of hydrogen-bond acceptors (Lipinski definition) is 3. The Morgan fingerprint density at radius 1 is 0.923 bits per heavy atom. The average Bonchev–Trinajstić information content (AvgIpc) is 3.53. The molecular weight excluding hydrogens is 346 g/mol. The quantitative estimate of drug-likeness (QED) is 0.767. The fourth-order valence-electron chi connectivity index (χ4n) is 4.26. The third-order valence-electron chi connectivity index (χ3n) is 5.99. The van der Waals surface area contributed by atoms with Crippen molar-refractivity contribution in [3.63, 3.8) is 0 Å². The van der Waals surface area contributed by atoms with E-state index < -0.39 is 6.10 Å². The minimum Gasteiger partial charge on any atom is -0.390 e. The summed E-state index contributed by atoms with van der Waals surface area (Å²) in [7, 11) is 0. The second-order valence-electron chi connectivity index (χ2n) is 7.86. The first kappa shape index (κ1) is 18.0. The molecule has 26 heavy (non-hydrogen) atoms. The molecule has 2 aliphatic carbocycles. The van der Waals surface area contributed by atoms with Crippen LogP contribution in [0.3, 0.4) is 0 Å². The third-order valence-corrected chi connectivity index (χ3v) is 6.25. The maximum absolute atomic E-state index is 10.9. The summed E-state index contributed by atoms with van der Waals surface area (Å²) >= 11 is 5.99. The maximum Gasteiger partial charge on any atom is 0.0988 e. The van der Waals surface area contributed by atoms with Gasteiger partial charge in [-0.05, 0) is 91.7 Å². The molecule has 1 aromatic carbocycles. The Balaban J connectivity index is 1.44. The van der Waals surface area contributed by atoms with Crippen molar-refractivity contribution in [1.29, 1.82) is 0 Å². The molecule has 4 heteroatoms. The number of rotatable bonds is 5. The van der Waals surface area contributed by atoms with Gasteiger partial charge >= 0.3 is 0 Å². The van der Waals surface area contributed by atoms with Gasteiger partial charge in [-0.25, -0.2) is 0 Å². The largest absolute Gasteiger partial charge is 0.390 e. The lowest BCUT2D eigenvalue weighted by molar-refractivity contribution is 0.0767. The number of aliphatic hydroxyl groups excluding tert-OH is 2. The second-order valence-corrected chi connectivity index (χ2v) is 8.29. The Kier molecular flexibility index (Phi) is 5.30. The summed E-state index contributed by atoms with van der Waals surface area (Å²) < 4.78 is 0. The molecule has 0 bridgehead atoms. The molecule has 3 nitrogen and oxygen atoms in total. The number of pyridine rings is 1. The molecule has 2 saturated carbocycles. The van der Waals surface area contributed by atoms with Crippen LogP contribution in [0.4, 0.5) is 0 Å². The number of benzene rings is 1. The van der Waals surface area contributed by atoms with E-state index in [1.54, 1.807) is 0 Å². The Bertz CT molecular complexity index is 749. The highest BCUT2D eigenvalue weighted by Gasteiger charge is 2.30. The number of nitrogens with zero attached hydrogens (tertiary/aromatic N) is 1. The normalized spacial score (nSPS) is 24.4. The summed E-state index contributed by atoms with van der Waals surface area (Å²) in [6, 6.07) is 12.2. The van der Waals surface area contributed by atoms with Gasteiger partial charge in [0.05, 0.1) is 24.1 Å². The number of aliphatic hydroxyl groups is 2. The summed E-state index contributed by atoms with van der Waals surface area (Å²) in [5.74, 6) is 1.39. The molecular formula is C22H26ClNO2. The molecule has 2 fully saturated rings. The van der Waals surface area contributed by atoms with E-state index in [1.807, 2.05) is 18.2 Å². The van der Waals surface area contributed by atoms with Crippen molar-refractivity contribution in [2.75, 3.05) is 0 Å². The van der Waals surface area contributed by atoms with Crippen LogP contribution in [0, 0.1) is 5.92 Å². The van der Waals surface area contributed by atoms with Crippen molar-refractivity contribution >= 4 is 11.6 Å². The highest BCUT2D eigenvalue weighted by molar-refractivity contribution is 6.30. The van der Waals surface area contributed by atoms with Gasteiger partial charge in [0.15, 0.2) is 0 Å². The van der Waals surface area contributed by atoms with Gasteiger partial charge in [0, 0.05) is 5.02 Å². The third kappa shape index (κ3) is 3.95. The van der Waals surface area contributed by atoms with Crippen LogP contribution in [-0.2, 0) is 6.61 Å². The predicted octanol–water partition coefficient (Wildman–Crippen LogP) is 5.11. The predicted molar refractivity (Wildman–Crippen MR) is 103 cm³/mol. The fourth-order valence-corrected chi connectivity index (χ4v) is 4.39. The van der Waals surface area contributed by atoms with Gasteiger partial charge in [-0.1, -0.05) is 23.7 Å². The molecule has 0 saturated heterocycles. The summed E-state index contributed by atoms with van der Waals surface area (Å²) in [5, 5.41) is 21.2. The average molecular weight is 372 g/mol. The van der Waals surface area contributed by atoms with Crippen molar-refractivity contribution in [3.8, 4) is 0 Å². The van der Waals surface area contributed by atoms with Crippen LogP contribution in [0.5, 0.6) is 0 Å². The van der Waals surface area contributed by atoms with Gasteiger partial charge in [-0.3, -0.25) is 4.98 Å². The van der Waals surface area contributed by atoms with E-state index in [9.17, 15) is 10.2 Å². The molecule has 2 aliphatic rings. The minimum absolute atomic E-state index is 0.0659. The van der Waals surface area contributed by atoms with E-state index in [2.05, 4.69) is 23.2 Å². The van der Waals surface area contributed by atoms with Crippen molar-refractivity contribution in [2.24, 2.45) is 5.92 Å². The highest BCUT2D eigenvalue weighted by atomic mass is 35.5. The van der Waals surface area contributed by atoms with Gasteiger partial charge in [-0.2, -0.15) is 0 Å². The van der Waals surface area contributed by atoms with Gasteiger partial charge in [0.2, 0.25) is 0 Å². The van der Waals surface area contributed by atoms with Crippen LogP contribution in [0.2, 0.25) is 5.02 Å². The molecule has 0 spiro atoms. The summed E-state index contributed by atoms with van der Waals surface area (Å²) in [4.78, 5) is 4.51. The van der Waals surface area contributed by atoms with E-state index in [4.69, 9.17) is 11.6 Å². The second kappa shape index (κ2) is 7.67. The first-order chi connectivity index (χ1) is 12.6. The molecule has 0 amide bonds. The molecule has 2 N–H and O–H groups in total. The van der Waals surface area contributed by atoms with E-state index in [0.717, 1.165) is 36.4 Å². The molecule has 1 aromatic heterocycles. The zero-order valence-electron chi connectivity index (χ0n) is 14.9. The summed E-state index contributed by atoms with van der Waals surface area (Å²) in [6.45, 7) is -0.0659. The van der Waals surface area contributed by atoms with Crippen LogP contribution in [0.15, 0.2) is 36.4 Å². The lowest BCUT2D eigenvalue weighted by Gasteiger charge is -2.31. The van der Waals surface area contributed by atoms with Crippen molar-refractivity contribution in [1.82, 2.24) is 4.98 Å². The van der Waals surface area contributed by atoms with Crippen LogP contribution in [-0.4, -0.2) is 15.2 Å². The Morgan fingerprint density at radius 3 is 2.15 bits per heavy atom. The van der Waals surface area contributed by atoms with Gasteiger partial charge in [-0.15, -0.1) is 0 Å². The van der Waals surface area contributed by atoms with Crippen LogP contribution >= 0.6 is 11.6 Å². The monoisotopic (exact) mass is 371 g/mol. The lowest BCUT2D eigenvalue weighted by atomic mass is 9.76. The van der Waals surface area contributed by atoms with Crippen LogP contribution < -0.4 is 0 Å². The topological polar surface area (TPSA) is 53.4 Å². The summed E-state index contributed by atoms with van der Waals surface area (Å²) in [5.41, 5.74) is 4.00. The first-order valence-electron chi connectivity index (χ1n) is 9.69. The molecule has 1 heterocycles. The molecule has 2 aromatic rings. The molecule has 138 valence electrons. The molecule has 0 aliphatic heterocycles. The number of aromatic nitrogens is 1. The molecule has 0 radical (unpaired) electrons. The Hall–Kier alpha value is -1.42. The Labute approximate surface area is 160 Å². The van der Waals surface area contributed by atoms with Gasteiger partial charge < -0.3 is 10.2 Å². The smallest absolute Gasteiger partial charge is 0.0988 e. The SMILES string of the molecule is OCc1cc(C2CC2)cc(C(O)C2CCC(c3ccc(Cl)cc3)CC2)n1. The standard InChI is InChI=1S/C22H26ClNO2/c23-19-9-7-15(8-10-19)14-3-5-17(6-4-14)22(26)21-12-18(16-1-2-16)11-20(13-25)24-21/h7-12,14,16-17,22,25-26H,1-6,13H2. The molecule has 1 atom stereocenters. The number of hydrogen-bond donors (Lipinski definition) is 2. The zero-order chi connectivity index (χ0) is 18.1. The number of halogens is 1. The van der Waals surface area contributed by atoms with Crippen LogP contribution in [0.25, 0.3) is 0 Å². The van der Waals surface area contributed by atoms with E-state index >= 15 is 0 Å². The first-order valence-corrected chi connectivity index (χ1v) is 10.1. The van der Waals surface area contributed by atoms with Crippen molar-refractivity contribution < 1.29 is 10.2 Å². The lowest BCUT2D eigenvalue weighted by Crippen LogP contribution is -2.21. The van der Waals surface area contributed by atoms with Gasteiger partial charge in [0.25, 0.3) is 0 Å². The van der Waals surface area contributed by atoms with E-state index in [-0.39, 0.29) is 12.5 Å². The van der Waals surface area contributed by atoms with E-state index in [0.29, 0.717) is 17.5 Å². The minimum atomic E-state index is -0.537. The maximum atomic E-state index is 10.9. The van der Waals surface area contributed by atoms with Crippen LogP contribution in [0.1, 0.15) is 79.0 Å². The molecule has 4 rings (SSSR count). The highest BCUT2D eigenvalue weighted by Crippen LogP contribution is 2.43. The molecule has 1 unspecified atom stereocenters. The van der Waals surface area contributed by atoms with Gasteiger partial charge in [0.1, 0.15) is 0 Å². The Morgan fingerprint density at radius 2 is 1.54 bits per heavy atom. The summed E-state index contributed by atoms with van der Waals surface area (Å²) in [6.07, 6.45) is 6.03. The fraction of sp³-hybridized carbons (Fsp3) is 0.500. The van der Waals surface area contributed by atoms with Crippen molar-refractivity contribution in [3.05, 3.63) is 63.9 Å². The van der Waals surface area contributed by atoms with Crippen molar-refractivity contribution in [2.45, 2.75) is 63.1 Å².